The standard InChI is InChI=1S/C14H22N4O/c1-3-11-13(9-17(2)16-11)18-8-4-5-12(14(18)19)15-10-6-7-10/h9-10,12,15H,3-8H2,1-2H3. The number of anilines is 1. The number of rotatable bonds is 4. The van der Waals surface area contributed by atoms with E-state index >= 15 is 0 Å². The Morgan fingerprint density at radius 2 is 2.21 bits per heavy atom. The molecule has 104 valence electrons. The normalized spacial score (nSPS) is 24.0. The number of aromatic nitrogens is 2. The average Bonchev–Trinajstić information content (AvgIpc) is 3.13. The Labute approximate surface area is 114 Å². The molecule has 5 heteroatoms. The highest BCUT2D eigenvalue weighted by Crippen LogP contribution is 2.27. The van der Waals surface area contributed by atoms with Crippen molar-refractivity contribution in [2.75, 3.05) is 11.4 Å². The van der Waals surface area contributed by atoms with Gasteiger partial charge in [-0.05, 0) is 32.1 Å². The molecule has 5 nitrogen and oxygen atoms in total. The zero-order valence-electron chi connectivity index (χ0n) is 11.7. The Kier molecular flexibility index (Phi) is 3.31. The van der Waals surface area contributed by atoms with Crippen LogP contribution in [-0.4, -0.2) is 34.3 Å². The predicted octanol–water partition coefficient (Wildman–Crippen LogP) is 1.23. The Morgan fingerprint density at radius 3 is 2.89 bits per heavy atom. The van der Waals surface area contributed by atoms with Crippen LogP contribution in [0.3, 0.4) is 0 Å². The van der Waals surface area contributed by atoms with Crippen molar-refractivity contribution < 1.29 is 4.79 Å². The van der Waals surface area contributed by atoms with Crippen molar-refractivity contribution in [3.8, 4) is 0 Å². The van der Waals surface area contributed by atoms with Crippen LogP contribution >= 0.6 is 0 Å². The van der Waals surface area contributed by atoms with Crippen LogP contribution in [0.2, 0.25) is 0 Å². The second kappa shape index (κ2) is 4.96. The zero-order valence-corrected chi connectivity index (χ0v) is 11.7. The van der Waals surface area contributed by atoms with Gasteiger partial charge in [0.15, 0.2) is 0 Å². The van der Waals surface area contributed by atoms with Crippen molar-refractivity contribution in [1.29, 1.82) is 0 Å². The lowest BCUT2D eigenvalue weighted by molar-refractivity contribution is -0.121. The lowest BCUT2D eigenvalue weighted by Crippen LogP contribution is -2.51. The quantitative estimate of drug-likeness (QED) is 0.888. The fourth-order valence-corrected chi connectivity index (χ4v) is 2.80. The lowest BCUT2D eigenvalue weighted by atomic mass is 10.0. The maximum Gasteiger partial charge on any atom is 0.244 e. The maximum absolute atomic E-state index is 12.6. The third-order valence-corrected chi connectivity index (χ3v) is 3.96. The largest absolute Gasteiger partial charge is 0.308 e. The molecule has 1 aliphatic carbocycles. The number of hydrogen-bond acceptors (Lipinski definition) is 3. The van der Waals surface area contributed by atoms with E-state index in [0.717, 1.165) is 37.2 Å². The minimum Gasteiger partial charge on any atom is -0.308 e. The number of hydrogen-bond donors (Lipinski definition) is 1. The molecule has 0 bridgehead atoms. The molecule has 1 unspecified atom stereocenters. The first-order valence-corrected chi connectivity index (χ1v) is 7.29. The summed E-state index contributed by atoms with van der Waals surface area (Å²) in [7, 11) is 1.91. The molecule has 1 saturated heterocycles. The molecule has 1 aromatic heterocycles. The average molecular weight is 262 g/mol. The molecule has 1 saturated carbocycles. The third-order valence-electron chi connectivity index (χ3n) is 3.96. The Bertz CT molecular complexity index is 478. The smallest absolute Gasteiger partial charge is 0.244 e. The minimum absolute atomic E-state index is 0.00571. The van der Waals surface area contributed by atoms with Gasteiger partial charge in [0.1, 0.15) is 0 Å². The van der Waals surface area contributed by atoms with Crippen LogP contribution in [0.4, 0.5) is 5.69 Å². The summed E-state index contributed by atoms with van der Waals surface area (Å²) in [5.41, 5.74) is 2.01. The van der Waals surface area contributed by atoms with Crippen LogP contribution in [0.5, 0.6) is 0 Å². The lowest BCUT2D eigenvalue weighted by Gasteiger charge is -2.32. The Morgan fingerprint density at radius 1 is 1.42 bits per heavy atom. The number of nitrogens with one attached hydrogen (secondary N) is 1. The van der Waals surface area contributed by atoms with Crippen LogP contribution in [0.25, 0.3) is 0 Å². The fourth-order valence-electron chi connectivity index (χ4n) is 2.80. The SMILES string of the molecule is CCc1nn(C)cc1N1CCCC(NC2CC2)C1=O. The first kappa shape index (κ1) is 12.7. The van der Waals surface area contributed by atoms with Gasteiger partial charge >= 0.3 is 0 Å². The van der Waals surface area contributed by atoms with Gasteiger partial charge < -0.3 is 10.2 Å². The Hall–Kier alpha value is -1.36. The molecule has 19 heavy (non-hydrogen) atoms. The van der Waals surface area contributed by atoms with E-state index in [4.69, 9.17) is 0 Å². The number of amides is 1. The summed E-state index contributed by atoms with van der Waals surface area (Å²) in [5.74, 6) is 0.223. The monoisotopic (exact) mass is 262 g/mol. The van der Waals surface area contributed by atoms with Gasteiger partial charge in [0.25, 0.3) is 0 Å². The van der Waals surface area contributed by atoms with Crippen molar-refractivity contribution >= 4 is 11.6 Å². The molecule has 1 aromatic rings. The highest BCUT2D eigenvalue weighted by atomic mass is 16.2. The molecule has 2 heterocycles. The molecule has 1 N–H and O–H groups in total. The van der Waals surface area contributed by atoms with Gasteiger partial charge in [-0.3, -0.25) is 9.48 Å². The van der Waals surface area contributed by atoms with Gasteiger partial charge in [0.05, 0.1) is 17.4 Å². The summed E-state index contributed by atoms with van der Waals surface area (Å²) in [4.78, 5) is 14.5. The van der Waals surface area contributed by atoms with Crippen molar-refractivity contribution in [3.05, 3.63) is 11.9 Å². The molecule has 0 spiro atoms. The molecule has 0 aromatic carbocycles. The molecule has 1 aliphatic heterocycles. The van der Waals surface area contributed by atoms with Gasteiger partial charge in [0.2, 0.25) is 5.91 Å². The molecule has 1 amide bonds. The molecular formula is C14H22N4O. The molecule has 2 fully saturated rings. The van der Waals surface area contributed by atoms with E-state index in [1.165, 1.54) is 12.8 Å². The van der Waals surface area contributed by atoms with E-state index in [1.54, 1.807) is 4.68 Å². The second-order valence-corrected chi connectivity index (χ2v) is 5.61. The maximum atomic E-state index is 12.6. The summed E-state index contributed by atoms with van der Waals surface area (Å²) in [5, 5.41) is 7.91. The summed E-state index contributed by atoms with van der Waals surface area (Å²) < 4.78 is 1.80. The van der Waals surface area contributed by atoms with Crippen LogP contribution in [0, 0.1) is 0 Å². The van der Waals surface area contributed by atoms with Crippen molar-refractivity contribution in [2.45, 2.75) is 51.1 Å². The second-order valence-electron chi connectivity index (χ2n) is 5.61. The van der Waals surface area contributed by atoms with Gasteiger partial charge in [-0.25, -0.2) is 0 Å². The minimum atomic E-state index is 0.00571. The first-order chi connectivity index (χ1) is 9.19. The summed E-state index contributed by atoms with van der Waals surface area (Å²) >= 11 is 0. The van der Waals surface area contributed by atoms with Crippen LogP contribution in [0.15, 0.2) is 6.20 Å². The van der Waals surface area contributed by atoms with Crippen LogP contribution in [0.1, 0.15) is 38.3 Å². The highest BCUT2D eigenvalue weighted by Gasteiger charge is 2.35. The van der Waals surface area contributed by atoms with E-state index in [9.17, 15) is 4.79 Å². The first-order valence-electron chi connectivity index (χ1n) is 7.29. The van der Waals surface area contributed by atoms with Crippen LogP contribution in [-0.2, 0) is 18.3 Å². The Balaban J connectivity index is 1.80. The summed E-state index contributed by atoms with van der Waals surface area (Å²) in [6, 6.07) is 0.583. The van der Waals surface area contributed by atoms with E-state index in [0.29, 0.717) is 6.04 Å². The van der Waals surface area contributed by atoms with E-state index in [-0.39, 0.29) is 11.9 Å². The van der Waals surface area contributed by atoms with Crippen LogP contribution < -0.4 is 10.2 Å². The van der Waals surface area contributed by atoms with E-state index in [2.05, 4.69) is 17.3 Å². The number of aryl methyl sites for hydroxylation is 2. The van der Waals surface area contributed by atoms with Crippen molar-refractivity contribution in [1.82, 2.24) is 15.1 Å². The van der Waals surface area contributed by atoms with Gasteiger partial charge in [0, 0.05) is 25.8 Å². The van der Waals surface area contributed by atoms with Crippen molar-refractivity contribution in [3.63, 3.8) is 0 Å². The zero-order chi connectivity index (χ0) is 13.4. The summed E-state index contributed by atoms with van der Waals surface area (Å²) in [6.07, 6.45) is 7.30. The molecule has 1 atom stereocenters. The molecule has 2 aliphatic rings. The molecule has 3 rings (SSSR count). The topological polar surface area (TPSA) is 50.2 Å². The third kappa shape index (κ3) is 2.52. The van der Waals surface area contributed by atoms with Crippen molar-refractivity contribution in [2.24, 2.45) is 7.05 Å². The van der Waals surface area contributed by atoms with E-state index < -0.39 is 0 Å². The highest BCUT2D eigenvalue weighted by molar-refractivity contribution is 5.98. The van der Waals surface area contributed by atoms with Gasteiger partial charge in [-0.1, -0.05) is 6.92 Å². The molecule has 0 radical (unpaired) electrons. The molecular weight excluding hydrogens is 240 g/mol. The number of carbonyl (C=O) groups is 1. The summed E-state index contributed by atoms with van der Waals surface area (Å²) in [6.45, 7) is 2.90. The van der Waals surface area contributed by atoms with Gasteiger partial charge in [-0.2, -0.15) is 5.10 Å². The number of carbonyl (C=O) groups excluding carboxylic acids is 1. The number of nitrogens with zero attached hydrogens (tertiary/aromatic N) is 3. The fraction of sp³-hybridized carbons (Fsp3) is 0.714. The predicted molar refractivity (Wildman–Crippen MR) is 74.1 cm³/mol. The number of piperidine rings is 1. The van der Waals surface area contributed by atoms with E-state index in [1.807, 2.05) is 18.1 Å². The van der Waals surface area contributed by atoms with Gasteiger partial charge in [-0.15, -0.1) is 0 Å².